The summed E-state index contributed by atoms with van der Waals surface area (Å²) in [5.41, 5.74) is 1.58. The van der Waals surface area contributed by atoms with Crippen molar-refractivity contribution in [2.24, 2.45) is 0 Å². The van der Waals surface area contributed by atoms with Gasteiger partial charge < -0.3 is 5.32 Å². The standard InChI is InChI=1S/C22H21ClN2O3S/c1-2-20(16-9-5-3-6-10-16)24-22(26)17-13-14-21(19(23)15-17)25-29(27,28)18-11-7-4-8-12-18/h3-15,20,25H,2H2,1H3,(H,24,26). The Morgan fingerprint density at radius 2 is 1.59 bits per heavy atom. The maximum atomic E-state index is 12.6. The van der Waals surface area contributed by atoms with Crippen LogP contribution in [0.2, 0.25) is 5.02 Å². The van der Waals surface area contributed by atoms with E-state index in [0.717, 1.165) is 12.0 Å². The van der Waals surface area contributed by atoms with Crippen molar-refractivity contribution in [2.45, 2.75) is 24.3 Å². The van der Waals surface area contributed by atoms with Crippen molar-refractivity contribution in [1.29, 1.82) is 0 Å². The Hall–Kier alpha value is -2.83. The van der Waals surface area contributed by atoms with Gasteiger partial charge in [0.25, 0.3) is 15.9 Å². The largest absolute Gasteiger partial charge is 0.345 e. The second-order valence-corrected chi connectivity index (χ2v) is 8.55. The number of nitrogens with one attached hydrogen (secondary N) is 2. The maximum Gasteiger partial charge on any atom is 0.261 e. The molecule has 0 heterocycles. The first-order valence-corrected chi connectivity index (χ1v) is 11.0. The molecular formula is C22H21ClN2O3S. The van der Waals surface area contributed by atoms with Crippen molar-refractivity contribution >= 4 is 33.2 Å². The van der Waals surface area contributed by atoms with Crippen LogP contribution >= 0.6 is 11.6 Å². The van der Waals surface area contributed by atoms with Crippen LogP contribution in [0.25, 0.3) is 0 Å². The highest BCUT2D eigenvalue weighted by Gasteiger charge is 2.18. The molecule has 3 aromatic rings. The number of carbonyl (C=O) groups is 1. The average molecular weight is 429 g/mol. The first kappa shape index (κ1) is 20.9. The molecule has 1 unspecified atom stereocenters. The number of benzene rings is 3. The minimum absolute atomic E-state index is 0.126. The first-order valence-electron chi connectivity index (χ1n) is 9.14. The lowest BCUT2D eigenvalue weighted by atomic mass is 10.0. The fraction of sp³-hybridized carbons (Fsp3) is 0.136. The van der Waals surface area contributed by atoms with E-state index >= 15 is 0 Å². The molecule has 1 atom stereocenters. The molecule has 29 heavy (non-hydrogen) atoms. The van der Waals surface area contributed by atoms with Gasteiger partial charge in [-0.2, -0.15) is 0 Å². The summed E-state index contributed by atoms with van der Waals surface area (Å²) >= 11 is 6.25. The van der Waals surface area contributed by atoms with Crippen molar-refractivity contribution in [2.75, 3.05) is 4.72 Å². The number of amides is 1. The Kier molecular flexibility index (Phi) is 6.56. The van der Waals surface area contributed by atoms with Gasteiger partial charge in [-0.15, -0.1) is 0 Å². The second-order valence-electron chi connectivity index (χ2n) is 6.46. The number of hydrogen-bond acceptors (Lipinski definition) is 3. The number of halogens is 1. The Balaban J connectivity index is 1.76. The van der Waals surface area contributed by atoms with Crippen LogP contribution < -0.4 is 10.0 Å². The van der Waals surface area contributed by atoms with E-state index in [1.165, 1.54) is 24.3 Å². The van der Waals surface area contributed by atoms with Crippen LogP contribution in [-0.2, 0) is 10.0 Å². The van der Waals surface area contributed by atoms with Gasteiger partial charge in [-0.1, -0.05) is 67.1 Å². The van der Waals surface area contributed by atoms with Crippen molar-refractivity contribution in [3.63, 3.8) is 0 Å². The van der Waals surface area contributed by atoms with Crippen molar-refractivity contribution in [3.8, 4) is 0 Å². The quantitative estimate of drug-likeness (QED) is 0.554. The maximum absolute atomic E-state index is 12.6. The second kappa shape index (κ2) is 9.11. The van der Waals surface area contributed by atoms with Crippen LogP contribution in [-0.4, -0.2) is 14.3 Å². The average Bonchev–Trinajstić information content (AvgIpc) is 2.74. The summed E-state index contributed by atoms with van der Waals surface area (Å²) in [5, 5.41) is 3.13. The molecule has 0 aliphatic rings. The van der Waals surface area contributed by atoms with E-state index in [1.54, 1.807) is 24.3 Å². The van der Waals surface area contributed by atoms with Gasteiger partial charge in [0.15, 0.2) is 0 Å². The van der Waals surface area contributed by atoms with E-state index in [0.29, 0.717) is 5.56 Å². The summed E-state index contributed by atoms with van der Waals surface area (Å²) in [4.78, 5) is 12.8. The van der Waals surface area contributed by atoms with Gasteiger partial charge >= 0.3 is 0 Å². The molecule has 0 aliphatic carbocycles. The fourth-order valence-electron chi connectivity index (χ4n) is 2.89. The lowest BCUT2D eigenvalue weighted by Crippen LogP contribution is -2.28. The summed E-state index contributed by atoms with van der Waals surface area (Å²) in [5.74, 6) is -0.278. The van der Waals surface area contributed by atoms with Crippen molar-refractivity contribution in [3.05, 3.63) is 95.0 Å². The van der Waals surface area contributed by atoms with Crippen LogP contribution in [0.5, 0.6) is 0 Å². The third kappa shape index (κ3) is 5.16. The van der Waals surface area contributed by atoms with Crippen LogP contribution in [0.1, 0.15) is 35.3 Å². The molecule has 0 fully saturated rings. The molecule has 5 nitrogen and oxygen atoms in total. The lowest BCUT2D eigenvalue weighted by molar-refractivity contribution is 0.0935. The van der Waals surface area contributed by atoms with Gasteiger partial charge in [0.2, 0.25) is 0 Å². The smallest absolute Gasteiger partial charge is 0.261 e. The fourth-order valence-corrected chi connectivity index (χ4v) is 4.28. The number of hydrogen-bond donors (Lipinski definition) is 2. The third-order valence-corrected chi connectivity index (χ3v) is 6.14. The normalized spacial score (nSPS) is 12.2. The van der Waals surface area contributed by atoms with Crippen LogP contribution in [0.4, 0.5) is 5.69 Å². The molecule has 0 radical (unpaired) electrons. The van der Waals surface area contributed by atoms with Crippen molar-refractivity contribution < 1.29 is 13.2 Å². The summed E-state index contributed by atoms with van der Waals surface area (Å²) in [6.45, 7) is 1.99. The summed E-state index contributed by atoms with van der Waals surface area (Å²) in [7, 11) is -3.76. The number of anilines is 1. The van der Waals surface area contributed by atoms with E-state index in [1.807, 2.05) is 37.3 Å². The first-order chi connectivity index (χ1) is 13.9. The van der Waals surface area contributed by atoms with Crippen LogP contribution in [0, 0.1) is 0 Å². The van der Waals surface area contributed by atoms with Gasteiger partial charge in [0, 0.05) is 5.56 Å². The van der Waals surface area contributed by atoms with E-state index in [4.69, 9.17) is 11.6 Å². The number of rotatable bonds is 7. The van der Waals surface area contributed by atoms with E-state index in [2.05, 4.69) is 10.0 Å². The summed E-state index contributed by atoms with van der Waals surface area (Å²) in [6.07, 6.45) is 0.735. The van der Waals surface area contributed by atoms with Gasteiger partial charge in [0.05, 0.1) is 21.6 Å². The molecule has 0 saturated carbocycles. The topological polar surface area (TPSA) is 75.3 Å². The zero-order valence-electron chi connectivity index (χ0n) is 15.8. The molecule has 0 spiro atoms. The molecule has 0 aliphatic heterocycles. The Morgan fingerprint density at radius 3 is 2.17 bits per heavy atom. The molecule has 0 saturated heterocycles. The minimum atomic E-state index is -3.76. The Morgan fingerprint density at radius 1 is 0.966 bits per heavy atom. The van der Waals surface area contributed by atoms with Crippen LogP contribution in [0.3, 0.4) is 0 Å². The van der Waals surface area contributed by atoms with E-state index in [-0.39, 0.29) is 27.6 Å². The van der Waals surface area contributed by atoms with Gasteiger partial charge in [-0.3, -0.25) is 9.52 Å². The zero-order valence-corrected chi connectivity index (χ0v) is 17.4. The van der Waals surface area contributed by atoms with E-state index < -0.39 is 10.0 Å². The molecule has 2 N–H and O–H groups in total. The summed E-state index contributed by atoms with van der Waals surface area (Å²) < 4.78 is 27.4. The third-order valence-electron chi connectivity index (χ3n) is 4.44. The predicted octanol–water partition coefficient (Wildman–Crippen LogP) is 5.02. The van der Waals surface area contributed by atoms with Gasteiger partial charge in [-0.25, -0.2) is 8.42 Å². The molecular weight excluding hydrogens is 408 g/mol. The number of carbonyl (C=O) groups excluding carboxylic acids is 1. The molecule has 3 rings (SSSR count). The highest BCUT2D eigenvalue weighted by atomic mass is 35.5. The Labute approximate surface area is 175 Å². The van der Waals surface area contributed by atoms with Crippen molar-refractivity contribution in [1.82, 2.24) is 5.32 Å². The monoisotopic (exact) mass is 428 g/mol. The lowest BCUT2D eigenvalue weighted by Gasteiger charge is -2.18. The van der Waals surface area contributed by atoms with Gasteiger partial charge in [-0.05, 0) is 42.3 Å². The van der Waals surface area contributed by atoms with Gasteiger partial charge in [0.1, 0.15) is 0 Å². The Bertz CT molecular complexity index is 1090. The molecule has 7 heteroatoms. The predicted molar refractivity (Wildman–Crippen MR) is 116 cm³/mol. The summed E-state index contributed by atoms with van der Waals surface area (Å²) in [6, 6.07) is 22.1. The molecule has 1 amide bonds. The highest BCUT2D eigenvalue weighted by molar-refractivity contribution is 7.92. The number of sulfonamides is 1. The SMILES string of the molecule is CCC(NC(=O)c1ccc(NS(=O)(=O)c2ccccc2)c(Cl)c1)c1ccccc1. The highest BCUT2D eigenvalue weighted by Crippen LogP contribution is 2.26. The molecule has 150 valence electrons. The van der Waals surface area contributed by atoms with E-state index in [9.17, 15) is 13.2 Å². The zero-order chi connectivity index (χ0) is 20.9. The van der Waals surface area contributed by atoms with Crippen LogP contribution in [0.15, 0.2) is 83.8 Å². The molecule has 3 aromatic carbocycles. The minimum Gasteiger partial charge on any atom is -0.345 e. The molecule has 0 bridgehead atoms. The molecule has 0 aromatic heterocycles.